The lowest BCUT2D eigenvalue weighted by Crippen LogP contribution is -2.05. The van der Waals surface area contributed by atoms with Crippen molar-refractivity contribution in [3.05, 3.63) is 81.9 Å². The number of anilines is 3. The van der Waals surface area contributed by atoms with Crippen LogP contribution in [0.25, 0.3) is 11.0 Å². The standard InChI is InChI=1S/C29H34N4/c1-18-6-8-23(9-7-18)17-30-25-13-12-24(16-22-10-11-22)27-28(25)33(5)29(32-27)31-26-20(3)14-19(2)15-21(26)4/h6-9,12-15,22,30H,10-11,16-17H2,1-5H3,(H,31,32). The molecule has 1 aromatic heterocycles. The summed E-state index contributed by atoms with van der Waals surface area (Å²) in [5.41, 5.74) is 12.3. The lowest BCUT2D eigenvalue weighted by molar-refractivity contribution is 0.837. The van der Waals surface area contributed by atoms with Crippen molar-refractivity contribution in [2.45, 2.75) is 53.5 Å². The summed E-state index contributed by atoms with van der Waals surface area (Å²) in [7, 11) is 2.12. The molecule has 0 radical (unpaired) electrons. The van der Waals surface area contributed by atoms with Crippen molar-refractivity contribution in [3.63, 3.8) is 0 Å². The van der Waals surface area contributed by atoms with Crippen molar-refractivity contribution in [1.82, 2.24) is 9.55 Å². The van der Waals surface area contributed by atoms with Crippen LogP contribution in [0.4, 0.5) is 17.3 Å². The van der Waals surface area contributed by atoms with E-state index in [1.165, 1.54) is 51.7 Å². The normalized spacial score (nSPS) is 13.5. The van der Waals surface area contributed by atoms with Gasteiger partial charge in [0.25, 0.3) is 0 Å². The van der Waals surface area contributed by atoms with E-state index in [9.17, 15) is 0 Å². The first kappa shape index (κ1) is 21.6. The molecule has 0 amide bonds. The summed E-state index contributed by atoms with van der Waals surface area (Å²) in [6.45, 7) is 9.40. The number of benzene rings is 3. The Hall–Kier alpha value is -3.27. The van der Waals surface area contributed by atoms with E-state index in [4.69, 9.17) is 4.98 Å². The van der Waals surface area contributed by atoms with Crippen LogP contribution in [0.15, 0.2) is 48.5 Å². The Morgan fingerprint density at radius 3 is 2.27 bits per heavy atom. The molecule has 0 aliphatic heterocycles. The summed E-state index contributed by atoms with van der Waals surface area (Å²) >= 11 is 0. The maximum absolute atomic E-state index is 5.13. The molecular weight excluding hydrogens is 404 g/mol. The molecule has 170 valence electrons. The van der Waals surface area contributed by atoms with Crippen molar-refractivity contribution < 1.29 is 0 Å². The number of nitrogens with one attached hydrogen (secondary N) is 2. The van der Waals surface area contributed by atoms with Gasteiger partial charge in [-0.05, 0) is 81.2 Å². The van der Waals surface area contributed by atoms with E-state index in [-0.39, 0.29) is 0 Å². The van der Waals surface area contributed by atoms with E-state index in [0.717, 1.165) is 41.7 Å². The van der Waals surface area contributed by atoms with Gasteiger partial charge in [0, 0.05) is 19.3 Å². The first-order valence-corrected chi connectivity index (χ1v) is 12.0. The Morgan fingerprint density at radius 1 is 0.909 bits per heavy atom. The quantitative estimate of drug-likeness (QED) is 0.323. The molecule has 4 aromatic rings. The smallest absolute Gasteiger partial charge is 0.208 e. The molecule has 0 bridgehead atoms. The topological polar surface area (TPSA) is 41.9 Å². The molecule has 0 unspecified atom stereocenters. The fourth-order valence-electron chi connectivity index (χ4n) is 4.82. The number of aromatic nitrogens is 2. The Bertz CT molecular complexity index is 1290. The van der Waals surface area contributed by atoms with Gasteiger partial charge in [0.05, 0.1) is 16.7 Å². The van der Waals surface area contributed by atoms with Gasteiger partial charge in [-0.3, -0.25) is 0 Å². The van der Waals surface area contributed by atoms with E-state index in [1.54, 1.807) is 0 Å². The van der Waals surface area contributed by atoms with Gasteiger partial charge in [-0.15, -0.1) is 0 Å². The van der Waals surface area contributed by atoms with Gasteiger partial charge in [-0.25, -0.2) is 4.98 Å². The lowest BCUT2D eigenvalue weighted by atomic mass is 10.1. The van der Waals surface area contributed by atoms with Crippen LogP contribution in [-0.2, 0) is 20.0 Å². The summed E-state index contributed by atoms with van der Waals surface area (Å²) < 4.78 is 2.21. The number of fused-ring (bicyclic) bond motifs is 1. The number of nitrogens with zero attached hydrogens (tertiary/aromatic N) is 2. The van der Waals surface area contributed by atoms with Gasteiger partial charge in [-0.2, -0.15) is 0 Å². The number of hydrogen-bond acceptors (Lipinski definition) is 3. The number of rotatable bonds is 7. The SMILES string of the molecule is Cc1ccc(CNc2ccc(CC3CC3)c3nc(Nc4c(C)cc(C)cc4C)n(C)c23)cc1. The molecule has 1 fully saturated rings. The zero-order valence-electron chi connectivity index (χ0n) is 20.4. The highest BCUT2D eigenvalue weighted by Gasteiger charge is 2.24. The van der Waals surface area contributed by atoms with Gasteiger partial charge in [0.1, 0.15) is 0 Å². The Kier molecular flexibility index (Phi) is 5.61. The maximum atomic E-state index is 5.13. The van der Waals surface area contributed by atoms with E-state index in [2.05, 4.69) is 98.5 Å². The van der Waals surface area contributed by atoms with Crippen LogP contribution in [0, 0.1) is 33.6 Å². The maximum Gasteiger partial charge on any atom is 0.208 e. The molecule has 33 heavy (non-hydrogen) atoms. The number of hydrogen-bond donors (Lipinski definition) is 2. The highest BCUT2D eigenvalue weighted by atomic mass is 15.2. The third kappa shape index (κ3) is 4.47. The summed E-state index contributed by atoms with van der Waals surface area (Å²) in [4.78, 5) is 5.13. The second kappa shape index (κ2) is 8.58. The van der Waals surface area contributed by atoms with Gasteiger partial charge < -0.3 is 15.2 Å². The highest BCUT2D eigenvalue weighted by molar-refractivity contribution is 5.93. The monoisotopic (exact) mass is 438 g/mol. The third-order valence-corrected chi connectivity index (χ3v) is 6.83. The van der Waals surface area contributed by atoms with Crippen LogP contribution in [-0.4, -0.2) is 9.55 Å². The molecular formula is C29H34N4. The predicted octanol–water partition coefficient (Wildman–Crippen LogP) is 7.12. The second-order valence-electron chi connectivity index (χ2n) is 9.85. The first-order valence-electron chi connectivity index (χ1n) is 12.0. The van der Waals surface area contributed by atoms with Crippen molar-refractivity contribution in [1.29, 1.82) is 0 Å². The zero-order chi connectivity index (χ0) is 23.1. The molecule has 1 aliphatic carbocycles. The molecule has 4 heteroatoms. The lowest BCUT2D eigenvalue weighted by Gasteiger charge is -2.14. The van der Waals surface area contributed by atoms with Gasteiger partial charge in [0.2, 0.25) is 5.95 Å². The fraction of sp³-hybridized carbons (Fsp3) is 0.345. The minimum atomic E-state index is 0.793. The summed E-state index contributed by atoms with van der Waals surface area (Å²) in [5, 5.41) is 7.33. The minimum absolute atomic E-state index is 0.793. The van der Waals surface area contributed by atoms with Gasteiger partial charge in [-0.1, -0.05) is 53.6 Å². The zero-order valence-corrected chi connectivity index (χ0v) is 20.4. The molecule has 0 saturated heterocycles. The number of aryl methyl sites for hydroxylation is 5. The van der Waals surface area contributed by atoms with Crippen LogP contribution in [0.1, 0.15) is 46.2 Å². The van der Waals surface area contributed by atoms with E-state index < -0.39 is 0 Å². The van der Waals surface area contributed by atoms with Crippen molar-refractivity contribution >= 4 is 28.4 Å². The molecule has 0 spiro atoms. The molecule has 5 rings (SSSR count). The average Bonchev–Trinajstić information content (AvgIpc) is 3.53. The molecule has 1 saturated carbocycles. The molecule has 0 atom stereocenters. The Morgan fingerprint density at radius 2 is 1.61 bits per heavy atom. The van der Waals surface area contributed by atoms with Crippen molar-refractivity contribution in [2.24, 2.45) is 13.0 Å². The third-order valence-electron chi connectivity index (χ3n) is 6.83. The van der Waals surface area contributed by atoms with Gasteiger partial charge in [0.15, 0.2) is 0 Å². The molecule has 3 aromatic carbocycles. The van der Waals surface area contributed by atoms with Crippen LogP contribution in [0.5, 0.6) is 0 Å². The van der Waals surface area contributed by atoms with Crippen LogP contribution in [0.2, 0.25) is 0 Å². The summed E-state index contributed by atoms with van der Waals surface area (Å²) in [5.74, 6) is 1.71. The Balaban J connectivity index is 1.53. The second-order valence-corrected chi connectivity index (χ2v) is 9.85. The average molecular weight is 439 g/mol. The number of imidazole rings is 1. The van der Waals surface area contributed by atoms with Crippen LogP contribution in [0.3, 0.4) is 0 Å². The van der Waals surface area contributed by atoms with Crippen LogP contribution < -0.4 is 10.6 Å². The van der Waals surface area contributed by atoms with E-state index in [1.807, 2.05) is 0 Å². The van der Waals surface area contributed by atoms with Crippen molar-refractivity contribution in [2.75, 3.05) is 10.6 Å². The molecule has 4 nitrogen and oxygen atoms in total. The summed E-state index contributed by atoms with van der Waals surface area (Å²) in [6.07, 6.45) is 3.80. The fourth-order valence-corrected chi connectivity index (χ4v) is 4.82. The highest BCUT2D eigenvalue weighted by Crippen LogP contribution is 2.37. The largest absolute Gasteiger partial charge is 0.379 e. The van der Waals surface area contributed by atoms with Gasteiger partial charge >= 0.3 is 0 Å². The predicted molar refractivity (Wildman–Crippen MR) is 140 cm³/mol. The first-order chi connectivity index (χ1) is 15.9. The minimum Gasteiger partial charge on any atom is -0.379 e. The Labute approximate surface area is 197 Å². The molecule has 2 N–H and O–H groups in total. The van der Waals surface area contributed by atoms with E-state index in [0.29, 0.717) is 0 Å². The van der Waals surface area contributed by atoms with Crippen LogP contribution >= 0.6 is 0 Å². The molecule has 1 heterocycles. The summed E-state index contributed by atoms with van der Waals surface area (Å²) in [6, 6.07) is 17.7. The van der Waals surface area contributed by atoms with E-state index >= 15 is 0 Å². The molecule has 1 aliphatic rings. The van der Waals surface area contributed by atoms with Crippen molar-refractivity contribution in [3.8, 4) is 0 Å².